The summed E-state index contributed by atoms with van der Waals surface area (Å²) in [5, 5.41) is 8.41. The van der Waals surface area contributed by atoms with Crippen LogP contribution in [0.2, 0.25) is 0 Å². The van der Waals surface area contributed by atoms with E-state index in [1.165, 1.54) is 0 Å². The van der Waals surface area contributed by atoms with Crippen molar-refractivity contribution in [2.45, 2.75) is 24.2 Å². The Morgan fingerprint density at radius 3 is 2.30 bits per heavy atom. The molecule has 0 aromatic rings. The van der Waals surface area contributed by atoms with E-state index in [9.17, 15) is 8.42 Å². The van der Waals surface area contributed by atoms with Gasteiger partial charge in [0.25, 0.3) is 0 Å². The quantitative estimate of drug-likeness (QED) is 0.541. The van der Waals surface area contributed by atoms with Crippen LogP contribution in [-0.2, 0) is 10.0 Å². The molecule has 0 aliphatic heterocycles. The summed E-state index contributed by atoms with van der Waals surface area (Å²) in [6, 6.07) is 0. The smallest absolute Gasteiger partial charge is 0.223 e. The Morgan fingerprint density at radius 1 is 1.50 bits per heavy atom. The Hall–Kier alpha value is 0.600. The van der Waals surface area contributed by atoms with Crippen LogP contribution in [0, 0.1) is 0 Å². The van der Waals surface area contributed by atoms with E-state index >= 15 is 0 Å². The minimum atomic E-state index is -3.12. The predicted molar refractivity (Wildman–Crippen MR) is 45.1 cm³/mol. The topological polar surface area (TPSA) is 66.4 Å². The lowest BCUT2D eigenvalue weighted by atomic mass is 9.96. The number of rotatable bonds is 2. The Morgan fingerprint density at radius 2 is 2.00 bits per heavy atom. The molecule has 10 heavy (non-hydrogen) atoms. The maximum absolute atomic E-state index is 10.9. The van der Waals surface area contributed by atoms with Gasteiger partial charge in [0.15, 0.2) is 0 Å². The molecular weight excluding hydrogens is 269 g/mol. The highest BCUT2D eigenvalue weighted by molar-refractivity contribution is 14.1. The van der Waals surface area contributed by atoms with Gasteiger partial charge in [-0.2, -0.15) is 2.94 Å². The van der Waals surface area contributed by atoms with E-state index in [4.69, 9.17) is 5.11 Å². The van der Waals surface area contributed by atoms with Gasteiger partial charge in [-0.3, -0.25) is 0 Å². The first-order valence-corrected chi connectivity index (χ1v) is 5.48. The van der Waals surface area contributed by atoms with Gasteiger partial charge in [0.2, 0.25) is 10.0 Å². The highest BCUT2D eigenvalue weighted by Crippen LogP contribution is 2.26. The van der Waals surface area contributed by atoms with Crippen molar-refractivity contribution < 1.29 is 13.5 Å². The van der Waals surface area contributed by atoms with Crippen molar-refractivity contribution in [3.63, 3.8) is 0 Å². The molecule has 0 aromatic heterocycles. The molecule has 0 saturated heterocycles. The lowest BCUT2D eigenvalue weighted by molar-refractivity contribution is 0.0976. The monoisotopic (exact) mass is 277 g/mol. The molecule has 0 bridgehead atoms. The Balaban J connectivity index is 2.53. The lowest BCUT2D eigenvalue weighted by Crippen LogP contribution is -2.42. The summed E-state index contributed by atoms with van der Waals surface area (Å²) in [7, 11) is -3.12. The molecule has 1 aliphatic rings. The third-order valence-corrected chi connectivity index (χ3v) is 4.94. The summed E-state index contributed by atoms with van der Waals surface area (Å²) in [5.74, 6) is 0. The number of nitrogens with one attached hydrogen (secondary N) is 1. The zero-order valence-electron chi connectivity index (χ0n) is 5.12. The highest BCUT2D eigenvalue weighted by Gasteiger charge is 2.37. The first kappa shape index (κ1) is 8.69. The van der Waals surface area contributed by atoms with Crippen LogP contribution >= 0.6 is 22.9 Å². The predicted octanol–water partition coefficient (Wildman–Crippen LogP) is -0.221. The van der Waals surface area contributed by atoms with E-state index in [-0.39, 0.29) is 5.25 Å². The summed E-state index contributed by atoms with van der Waals surface area (Å²) in [5.41, 5.74) is 0. The second kappa shape index (κ2) is 2.92. The van der Waals surface area contributed by atoms with Gasteiger partial charge in [-0.15, -0.1) is 0 Å². The van der Waals surface area contributed by atoms with Gasteiger partial charge in [-0.05, 0) is 12.8 Å². The molecule has 2 N–H and O–H groups in total. The number of halogens is 1. The molecule has 1 aliphatic carbocycles. The number of hydrogen-bond donors (Lipinski definition) is 2. The van der Waals surface area contributed by atoms with Crippen LogP contribution in [0.1, 0.15) is 12.8 Å². The molecule has 0 amide bonds. The second-order valence-electron chi connectivity index (χ2n) is 2.37. The lowest BCUT2D eigenvalue weighted by Gasteiger charge is -2.29. The van der Waals surface area contributed by atoms with Crippen LogP contribution in [0.3, 0.4) is 0 Å². The van der Waals surface area contributed by atoms with Crippen LogP contribution in [0.4, 0.5) is 0 Å². The van der Waals surface area contributed by atoms with Gasteiger partial charge >= 0.3 is 0 Å². The van der Waals surface area contributed by atoms with Crippen molar-refractivity contribution in [2.24, 2.45) is 0 Å². The third kappa shape index (κ3) is 1.60. The van der Waals surface area contributed by atoms with Crippen molar-refractivity contribution >= 4 is 32.9 Å². The molecule has 1 rings (SSSR count). The molecule has 6 heteroatoms. The van der Waals surface area contributed by atoms with Crippen LogP contribution in [0.15, 0.2) is 0 Å². The summed E-state index contributed by atoms with van der Waals surface area (Å²) < 4.78 is 24.0. The molecule has 4 nitrogen and oxygen atoms in total. The second-order valence-corrected chi connectivity index (χ2v) is 5.60. The van der Waals surface area contributed by atoms with Crippen LogP contribution in [0.25, 0.3) is 0 Å². The highest BCUT2D eigenvalue weighted by atomic mass is 127. The van der Waals surface area contributed by atoms with Gasteiger partial charge in [0.1, 0.15) is 0 Å². The largest absolute Gasteiger partial charge is 0.393 e. The molecule has 0 spiro atoms. The molecular formula is C4H8INO3S. The minimum Gasteiger partial charge on any atom is -0.393 e. The van der Waals surface area contributed by atoms with E-state index in [1.54, 1.807) is 22.9 Å². The molecule has 1 saturated carbocycles. The molecule has 0 unspecified atom stereocenters. The average molecular weight is 277 g/mol. The van der Waals surface area contributed by atoms with E-state index in [0.29, 0.717) is 12.8 Å². The maximum Gasteiger partial charge on any atom is 0.223 e. The number of hydrogen-bond acceptors (Lipinski definition) is 3. The van der Waals surface area contributed by atoms with E-state index in [0.717, 1.165) is 0 Å². The van der Waals surface area contributed by atoms with Crippen molar-refractivity contribution in [2.75, 3.05) is 0 Å². The standard InChI is InChI=1S/C4H8INO3S/c5-6-10(8,9)4-1-3(7)2-4/h3-4,6-7H,1-2H2. The molecule has 1 fully saturated rings. The van der Waals surface area contributed by atoms with Crippen molar-refractivity contribution in [3.05, 3.63) is 0 Å². The normalized spacial score (nSPS) is 33.4. The maximum atomic E-state index is 10.9. The van der Waals surface area contributed by atoms with Crippen molar-refractivity contribution in [1.82, 2.24) is 2.94 Å². The van der Waals surface area contributed by atoms with E-state index < -0.39 is 16.1 Å². The van der Waals surface area contributed by atoms with Gasteiger partial charge in [0.05, 0.1) is 11.4 Å². The molecule has 0 aromatic carbocycles. The fourth-order valence-electron chi connectivity index (χ4n) is 0.854. The van der Waals surface area contributed by atoms with Gasteiger partial charge in [0, 0.05) is 22.9 Å². The Bertz CT molecular complexity index is 209. The SMILES string of the molecule is O=S(=O)(NI)C1CC(O)C1. The van der Waals surface area contributed by atoms with Gasteiger partial charge in [-0.25, -0.2) is 8.42 Å². The molecule has 0 atom stereocenters. The molecule has 60 valence electrons. The zero-order valence-corrected chi connectivity index (χ0v) is 8.09. The summed E-state index contributed by atoms with van der Waals surface area (Å²) >= 11 is 1.59. The first-order valence-electron chi connectivity index (χ1n) is 2.85. The number of aliphatic hydroxyl groups is 1. The summed E-state index contributed by atoms with van der Waals surface area (Å²) in [4.78, 5) is 0. The Kier molecular flexibility index (Phi) is 2.54. The summed E-state index contributed by atoms with van der Waals surface area (Å²) in [6.45, 7) is 0. The Labute approximate surface area is 73.6 Å². The van der Waals surface area contributed by atoms with Crippen LogP contribution in [-0.4, -0.2) is 24.9 Å². The van der Waals surface area contributed by atoms with Crippen LogP contribution < -0.4 is 2.94 Å². The minimum absolute atomic E-state index is 0.373. The fourth-order valence-corrected chi connectivity index (χ4v) is 3.01. The third-order valence-electron chi connectivity index (χ3n) is 1.62. The zero-order chi connectivity index (χ0) is 7.78. The number of aliphatic hydroxyl groups excluding tert-OH is 1. The average Bonchev–Trinajstić information content (AvgIpc) is 1.81. The number of sulfonamides is 1. The van der Waals surface area contributed by atoms with E-state index in [1.807, 2.05) is 0 Å². The molecule has 0 radical (unpaired) electrons. The van der Waals surface area contributed by atoms with Gasteiger partial charge < -0.3 is 5.11 Å². The van der Waals surface area contributed by atoms with Crippen LogP contribution in [0.5, 0.6) is 0 Å². The first-order chi connectivity index (χ1) is 4.56. The van der Waals surface area contributed by atoms with E-state index in [2.05, 4.69) is 2.94 Å². The van der Waals surface area contributed by atoms with Crippen molar-refractivity contribution in [1.29, 1.82) is 0 Å². The summed E-state index contributed by atoms with van der Waals surface area (Å²) in [6.07, 6.45) is 0.334. The van der Waals surface area contributed by atoms with Crippen molar-refractivity contribution in [3.8, 4) is 0 Å². The fraction of sp³-hybridized carbons (Fsp3) is 1.00. The molecule has 0 heterocycles. The van der Waals surface area contributed by atoms with Gasteiger partial charge in [-0.1, -0.05) is 0 Å².